The molecule has 0 unspecified atom stereocenters. The molecule has 0 saturated carbocycles. The number of amides is 1. The predicted octanol–water partition coefficient (Wildman–Crippen LogP) is 4.77. The predicted molar refractivity (Wildman–Crippen MR) is 118 cm³/mol. The number of benzene rings is 1. The second-order valence-electron chi connectivity index (χ2n) is 6.94. The smallest absolute Gasteiger partial charge is 0.237 e. The van der Waals surface area contributed by atoms with Gasteiger partial charge in [0.15, 0.2) is 11.0 Å². The van der Waals surface area contributed by atoms with Gasteiger partial charge in [0.1, 0.15) is 0 Å². The average molecular weight is 408 g/mol. The summed E-state index contributed by atoms with van der Waals surface area (Å²) in [5.74, 6) is 0.963. The van der Waals surface area contributed by atoms with Crippen molar-refractivity contribution in [2.24, 2.45) is 0 Å². The van der Waals surface area contributed by atoms with Crippen molar-refractivity contribution in [3.63, 3.8) is 0 Å². The summed E-state index contributed by atoms with van der Waals surface area (Å²) in [6.45, 7) is 10.5. The Morgan fingerprint density at radius 1 is 1.21 bits per heavy atom. The van der Waals surface area contributed by atoms with E-state index in [-0.39, 0.29) is 11.2 Å². The normalized spacial score (nSPS) is 12.0. The standard InChI is InChI=1S/C22H25N5OS/c1-5-13-27-20(17-9-8-12-23-14-17)25-26-22(27)29-16(4)21(28)24-19-11-7-6-10-18(19)15(2)3/h5-12,14-16H,1,13H2,2-4H3,(H,24,28)/t16-/m0/s1. The number of thioether (sulfide) groups is 1. The van der Waals surface area contributed by atoms with Crippen molar-refractivity contribution in [3.05, 3.63) is 67.0 Å². The second kappa shape index (κ2) is 9.52. The molecule has 3 aromatic rings. The summed E-state index contributed by atoms with van der Waals surface area (Å²) in [6, 6.07) is 11.7. The first-order valence-electron chi connectivity index (χ1n) is 9.52. The summed E-state index contributed by atoms with van der Waals surface area (Å²) in [5, 5.41) is 12.0. The van der Waals surface area contributed by atoms with Crippen LogP contribution in [0.4, 0.5) is 5.69 Å². The van der Waals surface area contributed by atoms with E-state index in [1.165, 1.54) is 11.8 Å². The van der Waals surface area contributed by atoms with Gasteiger partial charge in [-0.1, -0.05) is 49.9 Å². The zero-order valence-corrected chi connectivity index (χ0v) is 17.7. The quantitative estimate of drug-likeness (QED) is 0.430. The van der Waals surface area contributed by atoms with E-state index in [0.29, 0.717) is 23.4 Å². The topological polar surface area (TPSA) is 72.7 Å². The molecular formula is C22H25N5OS. The Kier molecular flexibility index (Phi) is 6.82. The van der Waals surface area contributed by atoms with Gasteiger partial charge in [0.25, 0.3) is 0 Å². The Morgan fingerprint density at radius 2 is 2.00 bits per heavy atom. The van der Waals surface area contributed by atoms with Gasteiger partial charge in [0.05, 0.1) is 5.25 Å². The minimum atomic E-state index is -0.343. The molecule has 1 amide bonds. The number of pyridine rings is 1. The van der Waals surface area contributed by atoms with Crippen LogP contribution in [0, 0.1) is 0 Å². The fourth-order valence-electron chi connectivity index (χ4n) is 2.94. The lowest BCUT2D eigenvalue weighted by Gasteiger charge is -2.16. The van der Waals surface area contributed by atoms with Crippen molar-refractivity contribution in [3.8, 4) is 11.4 Å². The van der Waals surface area contributed by atoms with E-state index in [1.54, 1.807) is 18.5 Å². The monoisotopic (exact) mass is 407 g/mol. The SMILES string of the molecule is C=CCn1c(S[C@@H](C)C(=O)Nc2ccccc2C(C)C)nnc1-c1cccnc1. The molecule has 0 fully saturated rings. The minimum absolute atomic E-state index is 0.0702. The average Bonchev–Trinajstić information content (AvgIpc) is 3.11. The van der Waals surface area contributed by atoms with Crippen LogP contribution in [-0.4, -0.2) is 30.9 Å². The van der Waals surface area contributed by atoms with Gasteiger partial charge in [-0.05, 0) is 36.6 Å². The maximum Gasteiger partial charge on any atom is 0.237 e. The number of rotatable bonds is 8. The Hall–Kier alpha value is -2.93. The summed E-state index contributed by atoms with van der Waals surface area (Å²) >= 11 is 1.38. The van der Waals surface area contributed by atoms with E-state index < -0.39 is 0 Å². The number of hydrogen-bond donors (Lipinski definition) is 1. The molecule has 0 aliphatic rings. The maximum atomic E-state index is 12.8. The Bertz CT molecular complexity index is 984. The van der Waals surface area contributed by atoms with Crippen molar-refractivity contribution in [1.82, 2.24) is 19.7 Å². The summed E-state index contributed by atoms with van der Waals surface area (Å²) in [6.07, 6.45) is 5.25. The summed E-state index contributed by atoms with van der Waals surface area (Å²) in [5.41, 5.74) is 2.84. The van der Waals surface area contributed by atoms with Crippen LogP contribution in [0.1, 0.15) is 32.3 Å². The number of hydrogen-bond acceptors (Lipinski definition) is 5. The Labute approximate surface area is 175 Å². The molecule has 0 radical (unpaired) electrons. The fraction of sp³-hybridized carbons (Fsp3) is 0.273. The molecule has 0 aliphatic heterocycles. The van der Waals surface area contributed by atoms with Gasteiger partial charge >= 0.3 is 0 Å². The highest BCUT2D eigenvalue weighted by atomic mass is 32.2. The van der Waals surface area contributed by atoms with Gasteiger partial charge in [-0.2, -0.15) is 0 Å². The molecule has 0 saturated heterocycles. The second-order valence-corrected chi connectivity index (χ2v) is 8.25. The zero-order valence-electron chi connectivity index (χ0n) is 16.9. The van der Waals surface area contributed by atoms with Crippen LogP contribution in [0.5, 0.6) is 0 Å². The number of nitrogens with zero attached hydrogens (tertiary/aromatic N) is 4. The number of allylic oxidation sites excluding steroid dienone is 1. The molecule has 150 valence electrons. The Morgan fingerprint density at radius 3 is 2.69 bits per heavy atom. The highest BCUT2D eigenvalue weighted by Crippen LogP contribution is 2.28. The number of carbonyl (C=O) groups is 1. The lowest BCUT2D eigenvalue weighted by Crippen LogP contribution is -2.23. The van der Waals surface area contributed by atoms with Gasteiger partial charge in [-0.3, -0.25) is 14.3 Å². The van der Waals surface area contributed by atoms with Crippen LogP contribution < -0.4 is 5.32 Å². The van der Waals surface area contributed by atoms with Crippen LogP contribution in [0.15, 0.2) is 66.6 Å². The van der Waals surface area contributed by atoms with E-state index in [1.807, 2.05) is 47.9 Å². The van der Waals surface area contributed by atoms with Crippen molar-refractivity contribution in [2.75, 3.05) is 5.32 Å². The molecule has 29 heavy (non-hydrogen) atoms. The van der Waals surface area contributed by atoms with Crippen LogP contribution in [0.3, 0.4) is 0 Å². The largest absolute Gasteiger partial charge is 0.325 e. The first kappa shape index (κ1) is 20.8. The number of para-hydroxylation sites is 1. The molecule has 3 rings (SSSR count). The molecule has 1 atom stereocenters. The highest BCUT2D eigenvalue weighted by Gasteiger charge is 2.21. The zero-order chi connectivity index (χ0) is 20.8. The summed E-state index contributed by atoms with van der Waals surface area (Å²) in [4.78, 5) is 17.0. The fourth-order valence-corrected chi connectivity index (χ4v) is 3.80. The first-order valence-corrected chi connectivity index (χ1v) is 10.4. The summed E-state index contributed by atoms with van der Waals surface area (Å²) in [7, 11) is 0. The minimum Gasteiger partial charge on any atom is -0.325 e. The van der Waals surface area contributed by atoms with E-state index in [9.17, 15) is 4.79 Å². The van der Waals surface area contributed by atoms with E-state index >= 15 is 0 Å². The van der Waals surface area contributed by atoms with Crippen LogP contribution >= 0.6 is 11.8 Å². The maximum absolute atomic E-state index is 12.8. The lowest BCUT2D eigenvalue weighted by molar-refractivity contribution is -0.115. The molecule has 1 N–H and O–H groups in total. The molecule has 2 heterocycles. The lowest BCUT2D eigenvalue weighted by atomic mass is 10.0. The number of aromatic nitrogens is 4. The molecule has 0 bridgehead atoms. The number of carbonyl (C=O) groups excluding carboxylic acids is 1. The van der Waals surface area contributed by atoms with E-state index in [4.69, 9.17) is 0 Å². The van der Waals surface area contributed by atoms with Crippen molar-refractivity contribution < 1.29 is 4.79 Å². The third-order valence-corrected chi connectivity index (χ3v) is 5.52. The first-order chi connectivity index (χ1) is 14.0. The summed E-state index contributed by atoms with van der Waals surface area (Å²) < 4.78 is 1.94. The van der Waals surface area contributed by atoms with Crippen molar-refractivity contribution in [1.29, 1.82) is 0 Å². The van der Waals surface area contributed by atoms with Gasteiger partial charge in [0, 0.05) is 30.2 Å². The molecule has 0 spiro atoms. The van der Waals surface area contributed by atoms with Gasteiger partial charge in [-0.15, -0.1) is 16.8 Å². The van der Waals surface area contributed by atoms with Crippen molar-refractivity contribution >= 4 is 23.4 Å². The van der Waals surface area contributed by atoms with E-state index in [2.05, 4.69) is 40.9 Å². The van der Waals surface area contributed by atoms with Crippen LogP contribution in [-0.2, 0) is 11.3 Å². The van der Waals surface area contributed by atoms with Gasteiger partial charge in [0.2, 0.25) is 5.91 Å². The third-order valence-electron chi connectivity index (χ3n) is 4.44. The highest BCUT2D eigenvalue weighted by molar-refractivity contribution is 8.00. The number of anilines is 1. The molecule has 2 aromatic heterocycles. The van der Waals surface area contributed by atoms with E-state index in [0.717, 1.165) is 16.8 Å². The molecule has 7 heteroatoms. The molecule has 6 nitrogen and oxygen atoms in total. The van der Waals surface area contributed by atoms with Crippen LogP contribution in [0.25, 0.3) is 11.4 Å². The van der Waals surface area contributed by atoms with Gasteiger partial charge in [-0.25, -0.2) is 0 Å². The van der Waals surface area contributed by atoms with Crippen molar-refractivity contribution in [2.45, 2.75) is 43.6 Å². The molecule has 1 aromatic carbocycles. The van der Waals surface area contributed by atoms with Gasteiger partial charge < -0.3 is 5.32 Å². The van der Waals surface area contributed by atoms with Crippen LogP contribution in [0.2, 0.25) is 0 Å². The number of nitrogens with one attached hydrogen (secondary N) is 1. The Balaban J connectivity index is 1.78. The molecular weight excluding hydrogens is 382 g/mol. The molecule has 0 aliphatic carbocycles. The third kappa shape index (κ3) is 4.92.